The molecule has 19 heavy (non-hydrogen) atoms. The number of carbonyl (C=O) groups is 1. The molecule has 0 saturated carbocycles. The second kappa shape index (κ2) is 6.02. The molecule has 2 heterocycles. The topological polar surface area (TPSA) is 73.7 Å². The maximum absolute atomic E-state index is 10.6. The molecule has 2 N–H and O–H groups in total. The predicted octanol–water partition coefficient (Wildman–Crippen LogP) is 1.78. The molecule has 1 atom stereocenters. The van der Waals surface area contributed by atoms with Crippen molar-refractivity contribution in [3.05, 3.63) is 23.5 Å². The highest BCUT2D eigenvalue weighted by molar-refractivity contribution is 5.66. The van der Waals surface area contributed by atoms with E-state index in [-0.39, 0.29) is 12.2 Å². The Kier molecular flexibility index (Phi) is 4.37. The Bertz CT molecular complexity index is 462. The molecule has 1 saturated heterocycles. The first-order valence-electron chi connectivity index (χ1n) is 6.64. The highest BCUT2D eigenvalue weighted by atomic mass is 16.4. The first-order chi connectivity index (χ1) is 9.04. The second-order valence-electron chi connectivity index (χ2n) is 5.24. The lowest BCUT2D eigenvalue weighted by molar-refractivity contribution is -0.137. The lowest BCUT2D eigenvalue weighted by atomic mass is 10.0. The van der Waals surface area contributed by atoms with Crippen LogP contribution in [0, 0.1) is 12.8 Å². The van der Waals surface area contributed by atoms with Crippen LogP contribution in [0.25, 0.3) is 0 Å². The van der Waals surface area contributed by atoms with Crippen LogP contribution in [0.4, 0.5) is 0 Å². The number of hydrogen-bond acceptors (Lipinski definition) is 4. The molecule has 1 aromatic rings. The molecule has 5 nitrogen and oxygen atoms in total. The average Bonchev–Trinajstić information content (AvgIpc) is 2.79. The third-order valence-corrected chi connectivity index (χ3v) is 3.60. The van der Waals surface area contributed by atoms with Crippen molar-refractivity contribution in [3.8, 4) is 5.75 Å². The fourth-order valence-corrected chi connectivity index (χ4v) is 2.55. The summed E-state index contributed by atoms with van der Waals surface area (Å²) in [6.45, 7) is 4.38. The number of nitrogens with zero attached hydrogens (tertiary/aromatic N) is 2. The molecular formula is C14H20N2O3. The van der Waals surface area contributed by atoms with E-state index in [1.54, 1.807) is 12.1 Å². The van der Waals surface area contributed by atoms with E-state index in [4.69, 9.17) is 5.11 Å². The quantitative estimate of drug-likeness (QED) is 0.848. The Labute approximate surface area is 112 Å². The van der Waals surface area contributed by atoms with Gasteiger partial charge in [0.2, 0.25) is 0 Å². The summed E-state index contributed by atoms with van der Waals surface area (Å²) in [5.41, 5.74) is 1.60. The average molecular weight is 264 g/mol. The second-order valence-corrected chi connectivity index (χ2v) is 5.24. The van der Waals surface area contributed by atoms with Crippen molar-refractivity contribution in [3.63, 3.8) is 0 Å². The Morgan fingerprint density at radius 2 is 2.32 bits per heavy atom. The third-order valence-electron chi connectivity index (χ3n) is 3.60. The summed E-state index contributed by atoms with van der Waals surface area (Å²) in [6.07, 6.45) is 2.01. The van der Waals surface area contributed by atoms with E-state index < -0.39 is 5.97 Å². The minimum absolute atomic E-state index is 0.236. The molecule has 0 spiro atoms. The number of aryl methyl sites for hydroxylation is 1. The molecule has 1 aliphatic rings. The summed E-state index contributed by atoms with van der Waals surface area (Å²) in [6, 6.07) is 3.47. The Morgan fingerprint density at radius 1 is 1.53 bits per heavy atom. The highest BCUT2D eigenvalue weighted by Crippen LogP contribution is 2.24. The van der Waals surface area contributed by atoms with Crippen molar-refractivity contribution in [1.29, 1.82) is 0 Å². The Morgan fingerprint density at radius 3 is 3.05 bits per heavy atom. The summed E-state index contributed by atoms with van der Waals surface area (Å²) in [7, 11) is 0. The van der Waals surface area contributed by atoms with Crippen LogP contribution in [0.15, 0.2) is 12.1 Å². The zero-order valence-electron chi connectivity index (χ0n) is 11.2. The monoisotopic (exact) mass is 264 g/mol. The van der Waals surface area contributed by atoms with Crippen LogP contribution in [-0.4, -0.2) is 39.2 Å². The summed E-state index contributed by atoms with van der Waals surface area (Å²) in [5, 5.41) is 18.5. The van der Waals surface area contributed by atoms with Gasteiger partial charge in [0, 0.05) is 25.2 Å². The molecule has 0 amide bonds. The molecule has 0 radical (unpaired) electrons. The van der Waals surface area contributed by atoms with Crippen molar-refractivity contribution >= 4 is 5.97 Å². The van der Waals surface area contributed by atoms with Crippen LogP contribution in [-0.2, 0) is 11.3 Å². The molecule has 0 bridgehead atoms. The van der Waals surface area contributed by atoms with E-state index in [2.05, 4.69) is 9.88 Å². The largest absolute Gasteiger partial charge is 0.506 e. The smallest absolute Gasteiger partial charge is 0.303 e. The van der Waals surface area contributed by atoms with Gasteiger partial charge >= 0.3 is 5.97 Å². The summed E-state index contributed by atoms with van der Waals surface area (Å²) in [4.78, 5) is 17.1. The van der Waals surface area contributed by atoms with E-state index in [1.807, 2.05) is 6.92 Å². The normalized spacial score (nSPS) is 19.7. The van der Waals surface area contributed by atoms with Crippen molar-refractivity contribution < 1.29 is 15.0 Å². The molecule has 5 heteroatoms. The first kappa shape index (κ1) is 13.8. The maximum atomic E-state index is 10.6. The number of aromatic nitrogens is 1. The van der Waals surface area contributed by atoms with Crippen LogP contribution in [0.3, 0.4) is 0 Å². The van der Waals surface area contributed by atoms with Gasteiger partial charge in [0.15, 0.2) is 0 Å². The number of aliphatic carboxylic acids is 1. The van der Waals surface area contributed by atoms with Gasteiger partial charge in [-0.05, 0) is 44.4 Å². The van der Waals surface area contributed by atoms with Crippen LogP contribution in [0.5, 0.6) is 5.75 Å². The van der Waals surface area contributed by atoms with Crippen molar-refractivity contribution in [2.24, 2.45) is 5.92 Å². The molecule has 0 aliphatic carbocycles. The Hall–Kier alpha value is -1.62. The van der Waals surface area contributed by atoms with Gasteiger partial charge in [0.05, 0.1) is 5.69 Å². The zero-order valence-corrected chi connectivity index (χ0v) is 11.2. The summed E-state index contributed by atoms with van der Waals surface area (Å²) in [5.74, 6) is -0.0425. The number of likely N-dealkylation sites (tertiary alicyclic amines) is 1. The maximum Gasteiger partial charge on any atom is 0.303 e. The van der Waals surface area contributed by atoms with Crippen molar-refractivity contribution in [2.75, 3.05) is 13.1 Å². The van der Waals surface area contributed by atoms with E-state index in [1.165, 1.54) is 0 Å². The number of rotatable bonds is 5. The van der Waals surface area contributed by atoms with E-state index in [0.29, 0.717) is 18.2 Å². The van der Waals surface area contributed by atoms with Gasteiger partial charge in [-0.3, -0.25) is 14.7 Å². The molecule has 1 unspecified atom stereocenters. The number of carboxylic acid groups (broad SMARTS) is 1. The lowest BCUT2D eigenvalue weighted by Gasteiger charge is -2.16. The molecule has 104 valence electrons. The Balaban J connectivity index is 1.87. The minimum atomic E-state index is -0.726. The minimum Gasteiger partial charge on any atom is -0.506 e. The molecule has 1 fully saturated rings. The van der Waals surface area contributed by atoms with Gasteiger partial charge < -0.3 is 10.2 Å². The fourth-order valence-electron chi connectivity index (χ4n) is 2.55. The van der Waals surface area contributed by atoms with Crippen LogP contribution >= 0.6 is 0 Å². The van der Waals surface area contributed by atoms with Gasteiger partial charge in [0.25, 0.3) is 0 Å². The summed E-state index contributed by atoms with van der Waals surface area (Å²) < 4.78 is 0. The number of pyridine rings is 1. The predicted molar refractivity (Wildman–Crippen MR) is 70.9 cm³/mol. The van der Waals surface area contributed by atoms with Crippen molar-refractivity contribution in [2.45, 2.75) is 32.7 Å². The number of aromatic hydroxyl groups is 1. The van der Waals surface area contributed by atoms with Crippen LogP contribution < -0.4 is 0 Å². The number of hydrogen-bond donors (Lipinski definition) is 2. The molecule has 2 rings (SSSR count). The fraction of sp³-hybridized carbons (Fsp3) is 0.571. The lowest BCUT2D eigenvalue weighted by Crippen LogP contribution is -2.21. The zero-order chi connectivity index (χ0) is 13.8. The van der Waals surface area contributed by atoms with Gasteiger partial charge in [-0.15, -0.1) is 0 Å². The highest BCUT2D eigenvalue weighted by Gasteiger charge is 2.23. The van der Waals surface area contributed by atoms with Gasteiger partial charge in [0.1, 0.15) is 5.75 Å². The SMILES string of the molecule is Cc1ccc(O)c(CN2CCC(CCC(=O)O)C2)n1. The number of carboxylic acids is 1. The van der Waals surface area contributed by atoms with E-state index >= 15 is 0 Å². The van der Waals surface area contributed by atoms with Gasteiger partial charge in [-0.25, -0.2) is 0 Å². The van der Waals surface area contributed by atoms with Crippen molar-refractivity contribution in [1.82, 2.24) is 9.88 Å². The third kappa shape index (κ3) is 3.92. The van der Waals surface area contributed by atoms with E-state index in [9.17, 15) is 9.90 Å². The molecule has 0 aromatic carbocycles. The van der Waals surface area contributed by atoms with Gasteiger partial charge in [-0.1, -0.05) is 0 Å². The summed E-state index contributed by atoms with van der Waals surface area (Å²) >= 11 is 0. The molecular weight excluding hydrogens is 244 g/mol. The van der Waals surface area contributed by atoms with E-state index in [0.717, 1.165) is 31.6 Å². The molecule has 1 aliphatic heterocycles. The standard InChI is InChI=1S/C14H20N2O3/c1-10-2-4-13(17)12(15-10)9-16-7-6-11(8-16)3-5-14(18)19/h2,4,11,17H,3,5-9H2,1H3,(H,18,19). The first-order valence-corrected chi connectivity index (χ1v) is 6.64. The molecule has 1 aromatic heterocycles. The van der Waals surface area contributed by atoms with Crippen LogP contribution in [0.2, 0.25) is 0 Å². The van der Waals surface area contributed by atoms with Crippen LogP contribution in [0.1, 0.15) is 30.7 Å². The van der Waals surface area contributed by atoms with Gasteiger partial charge in [-0.2, -0.15) is 0 Å².